The Hall–Kier alpha value is -1.32. The summed E-state index contributed by atoms with van der Waals surface area (Å²) in [7, 11) is 0. The van der Waals surface area contributed by atoms with Gasteiger partial charge in [-0.05, 0) is 31.0 Å². The van der Waals surface area contributed by atoms with E-state index in [0.717, 1.165) is 26.0 Å². The van der Waals surface area contributed by atoms with E-state index >= 15 is 0 Å². The summed E-state index contributed by atoms with van der Waals surface area (Å²) in [6, 6.07) is 0. The fourth-order valence-electron chi connectivity index (χ4n) is 2.12. The Labute approximate surface area is 135 Å². The molecule has 0 spiro atoms. The van der Waals surface area contributed by atoms with Gasteiger partial charge in [-0.2, -0.15) is 0 Å². The molecule has 0 aliphatic carbocycles. The average Bonchev–Trinajstić information content (AvgIpc) is 3.19. The number of anilines is 1. The number of nitrogens with one attached hydrogen (secondary N) is 1. The third-order valence-corrected chi connectivity index (χ3v) is 5.17. The predicted molar refractivity (Wildman–Crippen MR) is 82.9 cm³/mol. The summed E-state index contributed by atoms with van der Waals surface area (Å²) in [5.74, 6) is -0.376. The van der Waals surface area contributed by atoms with Crippen molar-refractivity contribution >= 4 is 28.2 Å². The minimum Gasteiger partial charge on any atom is -0.376 e. The smallest absolute Gasteiger partial charge is 0.206 e. The fraction of sp³-hybridized carbons (Fsp3) is 0.538. The quantitative estimate of drug-likeness (QED) is 0.810. The molecule has 0 saturated carbocycles. The van der Waals surface area contributed by atoms with Crippen molar-refractivity contribution in [1.82, 2.24) is 20.2 Å². The maximum Gasteiger partial charge on any atom is 0.206 e. The van der Waals surface area contributed by atoms with Gasteiger partial charge in [-0.25, -0.2) is 14.4 Å². The first kappa shape index (κ1) is 15.6. The monoisotopic (exact) mass is 341 g/mol. The SMILES string of the molecule is CCc1ncnc(Sc2nnc(NCC3CCCO3)s2)c1F. The zero-order chi connectivity index (χ0) is 15.4. The highest BCUT2D eigenvalue weighted by Gasteiger charge is 2.17. The van der Waals surface area contributed by atoms with E-state index in [1.165, 1.54) is 29.4 Å². The third-order valence-electron chi connectivity index (χ3n) is 3.26. The molecule has 1 unspecified atom stereocenters. The van der Waals surface area contributed by atoms with Crippen LogP contribution >= 0.6 is 23.1 Å². The van der Waals surface area contributed by atoms with Crippen LogP contribution in [0.1, 0.15) is 25.5 Å². The van der Waals surface area contributed by atoms with Crippen LogP contribution < -0.4 is 5.32 Å². The summed E-state index contributed by atoms with van der Waals surface area (Å²) >= 11 is 2.55. The van der Waals surface area contributed by atoms with E-state index in [1.54, 1.807) is 0 Å². The minimum absolute atomic E-state index is 0.242. The largest absolute Gasteiger partial charge is 0.376 e. The first-order chi connectivity index (χ1) is 10.8. The maximum atomic E-state index is 14.1. The molecule has 0 bridgehead atoms. The van der Waals surface area contributed by atoms with Gasteiger partial charge in [0.1, 0.15) is 11.4 Å². The van der Waals surface area contributed by atoms with Crippen molar-refractivity contribution in [2.45, 2.75) is 41.7 Å². The molecule has 118 valence electrons. The number of hydrogen-bond acceptors (Lipinski definition) is 8. The number of aromatic nitrogens is 4. The molecule has 1 atom stereocenters. The molecule has 1 N–H and O–H groups in total. The molecule has 9 heteroatoms. The van der Waals surface area contributed by atoms with E-state index in [2.05, 4.69) is 25.5 Å². The lowest BCUT2D eigenvalue weighted by Gasteiger charge is -2.08. The van der Waals surface area contributed by atoms with Crippen LogP contribution in [0.15, 0.2) is 15.7 Å². The van der Waals surface area contributed by atoms with Crippen molar-refractivity contribution in [3.63, 3.8) is 0 Å². The van der Waals surface area contributed by atoms with E-state index < -0.39 is 0 Å². The standard InChI is InChI=1S/C13H16FN5OS2/c1-2-9-10(14)11(17-7-16-9)21-13-19-18-12(22-13)15-6-8-4-3-5-20-8/h7-8H,2-6H2,1H3,(H,15,18). The molecule has 3 heterocycles. The number of aryl methyl sites for hydroxylation is 1. The summed E-state index contributed by atoms with van der Waals surface area (Å²) in [6.07, 6.45) is 4.33. The number of nitrogens with zero attached hydrogens (tertiary/aromatic N) is 4. The van der Waals surface area contributed by atoms with Crippen LogP contribution in [0.3, 0.4) is 0 Å². The number of halogens is 1. The Morgan fingerprint density at radius 2 is 2.36 bits per heavy atom. The van der Waals surface area contributed by atoms with Crippen LogP contribution in [-0.2, 0) is 11.2 Å². The summed E-state index contributed by atoms with van der Waals surface area (Å²) in [6.45, 7) is 3.41. The van der Waals surface area contributed by atoms with E-state index in [1.807, 2.05) is 6.92 Å². The minimum atomic E-state index is -0.376. The molecule has 2 aromatic heterocycles. The van der Waals surface area contributed by atoms with Crippen LogP contribution in [0, 0.1) is 5.82 Å². The van der Waals surface area contributed by atoms with Gasteiger partial charge in [0.15, 0.2) is 10.2 Å². The van der Waals surface area contributed by atoms with Crippen LogP contribution in [0.4, 0.5) is 9.52 Å². The molecule has 1 saturated heterocycles. The van der Waals surface area contributed by atoms with E-state index in [4.69, 9.17) is 4.74 Å². The summed E-state index contributed by atoms with van der Waals surface area (Å²) in [5.41, 5.74) is 0.416. The van der Waals surface area contributed by atoms with Crippen molar-refractivity contribution in [2.24, 2.45) is 0 Å². The third kappa shape index (κ3) is 3.71. The lowest BCUT2D eigenvalue weighted by Crippen LogP contribution is -2.18. The van der Waals surface area contributed by atoms with Gasteiger partial charge in [-0.3, -0.25) is 0 Å². The van der Waals surface area contributed by atoms with E-state index in [0.29, 0.717) is 21.6 Å². The molecule has 2 aromatic rings. The molecule has 1 aliphatic heterocycles. The molecule has 22 heavy (non-hydrogen) atoms. The zero-order valence-corrected chi connectivity index (χ0v) is 13.7. The summed E-state index contributed by atoms with van der Waals surface area (Å²) < 4.78 is 20.3. The molecule has 1 aliphatic rings. The topological polar surface area (TPSA) is 72.8 Å². The summed E-state index contributed by atoms with van der Waals surface area (Å²) in [4.78, 5) is 7.90. The van der Waals surface area contributed by atoms with Gasteiger partial charge < -0.3 is 10.1 Å². The second-order valence-corrected chi connectivity index (χ2v) is 7.00. The maximum absolute atomic E-state index is 14.1. The van der Waals surface area contributed by atoms with Gasteiger partial charge in [0.2, 0.25) is 5.13 Å². The van der Waals surface area contributed by atoms with Crippen molar-refractivity contribution < 1.29 is 9.13 Å². The van der Waals surface area contributed by atoms with Gasteiger partial charge in [0, 0.05) is 13.2 Å². The van der Waals surface area contributed by atoms with Crippen molar-refractivity contribution in [2.75, 3.05) is 18.5 Å². The van der Waals surface area contributed by atoms with Crippen molar-refractivity contribution in [3.05, 3.63) is 17.8 Å². The molecule has 0 amide bonds. The Kier molecular flexibility index (Phi) is 5.16. The van der Waals surface area contributed by atoms with Gasteiger partial charge in [-0.15, -0.1) is 10.2 Å². The first-order valence-electron chi connectivity index (χ1n) is 7.12. The highest BCUT2D eigenvalue weighted by atomic mass is 32.2. The molecule has 0 radical (unpaired) electrons. The Morgan fingerprint density at radius 1 is 1.45 bits per heavy atom. The molecule has 3 rings (SSSR count). The van der Waals surface area contributed by atoms with E-state index in [9.17, 15) is 4.39 Å². The van der Waals surface area contributed by atoms with Gasteiger partial charge in [-0.1, -0.05) is 18.3 Å². The highest BCUT2D eigenvalue weighted by Crippen LogP contribution is 2.32. The summed E-state index contributed by atoms with van der Waals surface area (Å²) in [5, 5.41) is 12.3. The average molecular weight is 341 g/mol. The van der Waals surface area contributed by atoms with Crippen LogP contribution in [0.2, 0.25) is 0 Å². The molecular formula is C13H16FN5OS2. The second kappa shape index (κ2) is 7.30. The van der Waals surface area contributed by atoms with Crippen molar-refractivity contribution in [1.29, 1.82) is 0 Å². The van der Waals surface area contributed by atoms with E-state index in [-0.39, 0.29) is 16.9 Å². The van der Waals surface area contributed by atoms with Gasteiger partial charge in [0.25, 0.3) is 0 Å². The molecule has 0 aromatic carbocycles. The zero-order valence-electron chi connectivity index (χ0n) is 12.1. The number of hydrogen-bond donors (Lipinski definition) is 1. The van der Waals surface area contributed by atoms with Crippen LogP contribution in [0.5, 0.6) is 0 Å². The Morgan fingerprint density at radius 3 is 3.14 bits per heavy atom. The highest BCUT2D eigenvalue weighted by molar-refractivity contribution is 8.01. The first-order valence-corrected chi connectivity index (χ1v) is 8.75. The molecule has 1 fully saturated rings. The van der Waals surface area contributed by atoms with Crippen LogP contribution in [-0.4, -0.2) is 39.4 Å². The number of ether oxygens (including phenoxy) is 1. The van der Waals surface area contributed by atoms with Gasteiger partial charge >= 0.3 is 0 Å². The van der Waals surface area contributed by atoms with Crippen molar-refractivity contribution in [3.8, 4) is 0 Å². The predicted octanol–water partition coefficient (Wildman–Crippen LogP) is 2.77. The fourth-order valence-corrected chi connectivity index (χ4v) is 3.80. The Bertz CT molecular complexity index is 633. The molecular weight excluding hydrogens is 325 g/mol. The van der Waals surface area contributed by atoms with Crippen LogP contribution in [0.25, 0.3) is 0 Å². The Balaban J connectivity index is 1.61. The van der Waals surface area contributed by atoms with Gasteiger partial charge in [0.05, 0.1) is 11.8 Å². The second-order valence-electron chi connectivity index (χ2n) is 4.78. The lowest BCUT2D eigenvalue weighted by molar-refractivity contribution is 0.120. The number of rotatable bonds is 6. The molecule has 6 nitrogen and oxygen atoms in total. The normalized spacial score (nSPS) is 17.8. The lowest BCUT2D eigenvalue weighted by atomic mass is 10.2.